The first kappa shape index (κ1) is 13.5. The molecule has 6 nitrogen and oxygen atoms in total. The van der Waals surface area contributed by atoms with Crippen molar-refractivity contribution < 1.29 is 0 Å². The highest BCUT2D eigenvalue weighted by atomic mass is 16.1. The second-order valence-electron chi connectivity index (χ2n) is 5.07. The molecule has 21 heavy (non-hydrogen) atoms. The van der Waals surface area contributed by atoms with Crippen molar-refractivity contribution in [3.63, 3.8) is 0 Å². The van der Waals surface area contributed by atoms with E-state index in [0.29, 0.717) is 17.8 Å². The van der Waals surface area contributed by atoms with Gasteiger partial charge in [-0.1, -0.05) is 12.1 Å². The number of nitrogens with zero attached hydrogens (tertiary/aromatic N) is 3. The summed E-state index contributed by atoms with van der Waals surface area (Å²) in [5, 5.41) is 3.97. The number of rotatable bonds is 5. The van der Waals surface area contributed by atoms with Crippen LogP contribution in [0.2, 0.25) is 0 Å². The van der Waals surface area contributed by atoms with Gasteiger partial charge in [-0.3, -0.25) is 4.79 Å². The number of hydrogen-bond acceptors (Lipinski definition) is 4. The van der Waals surface area contributed by atoms with Crippen LogP contribution in [0.3, 0.4) is 0 Å². The zero-order chi connectivity index (χ0) is 14.7. The molecule has 6 heteroatoms. The Balaban J connectivity index is 1.69. The topological polar surface area (TPSA) is 75.6 Å². The van der Waals surface area contributed by atoms with E-state index in [-0.39, 0.29) is 11.6 Å². The molecule has 0 bridgehead atoms. The maximum Gasteiger partial charge on any atom is 0.258 e. The van der Waals surface area contributed by atoms with Gasteiger partial charge in [0.2, 0.25) is 0 Å². The Morgan fingerprint density at radius 2 is 2.24 bits per heavy atom. The van der Waals surface area contributed by atoms with Crippen LogP contribution in [0.15, 0.2) is 47.8 Å². The lowest BCUT2D eigenvalue weighted by molar-refractivity contribution is 0.469. The first-order valence-electron chi connectivity index (χ1n) is 6.89. The van der Waals surface area contributed by atoms with Gasteiger partial charge in [0.1, 0.15) is 5.82 Å². The van der Waals surface area contributed by atoms with Gasteiger partial charge >= 0.3 is 0 Å². The normalized spacial score (nSPS) is 12.6. The summed E-state index contributed by atoms with van der Waals surface area (Å²) < 4.78 is 2.01. The molecule has 1 unspecified atom stereocenters. The van der Waals surface area contributed by atoms with Gasteiger partial charge in [-0.2, -0.15) is 0 Å². The highest BCUT2D eigenvalue weighted by molar-refractivity contribution is 5.77. The lowest BCUT2D eigenvalue weighted by atomic mass is 10.2. The molecule has 3 aromatic rings. The second kappa shape index (κ2) is 5.88. The van der Waals surface area contributed by atoms with Crippen molar-refractivity contribution >= 4 is 10.9 Å². The number of aromatic amines is 1. The Bertz CT molecular complexity index is 778. The zero-order valence-corrected chi connectivity index (χ0v) is 11.8. The number of H-pyrrole nitrogens is 1. The van der Waals surface area contributed by atoms with Gasteiger partial charge < -0.3 is 14.9 Å². The third-order valence-electron chi connectivity index (χ3n) is 3.32. The van der Waals surface area contributed by atoms with E-state index in [1.807, 2.05) is 29.0 Å². The summed E-state index contributed by atoms with van der Waals surface area (Å²) in [6, 6.07) is 7.59. The van der Waals surface area contributed by atoms with Gasteiger partial charge in [-0.15, -0.1) is 0 Å². The standard InChI is InChI=1S/C15H17N5O/c1-11(9-20-7-6-16-10-20)17-8-14-18-13-5-3-2-4-12(13)15(21)19-14/h2-7,10-11,17H,8-9H2,1H3,(H,18,19,21). The van der Waals surface area contributed by atoms with Crippen molar-refractivity contribution in [3.05, 3.63) is 59.2 Å². The van der Waals surface area contributed by atoms with Crippen molar-refractivity contribution in [2.24, 2.45) is 0 Å². The molecule has 0 fully saturated rings. The summed E-state index contributed by atoms with van der Waals surface area (Å²) >= 11 is 0. The van der Waals surface area contributed by atoms with Crippen LogP contribution in [-0.4, -0.2) is 25.6 Å². The molecule has 0 aliphatic rings. The lowest BCUT2D eigenvalue weighted by Gasteiger charge is -2.14. The Hall–Kier alpha value is -2.47. The summed E-state index contributed by atoms with van der Waals surface area (Å²) in [6.07, 6.45) is 5.47. The molecular weight excluding hydrogens is 266 g/mol. The maximum atomic E-state index is 12.0. The second-order valence-corrected chi connectivity index (χ2v) is 5.07. The van der Waals surface area contributed by atoms with Crippen LogP contribution in [0.5, 0.6) is 0 Å². The fourth-order valence-corrected chi connectivity index (χ4v) is 2.27. The summed E-state index contributed by atoms with van der Waals surface area (Å²) in [5.41, 5.74) is 0.625. The van der Waals surface area contributed by atoms with Gasteiger partial charge in [0.15, 0.2) is 0 Å². The maximum absolute atomic E-state index is 12.0. The number of imidazole rings is 1. The molecule has 0 saturated heterocycles. The van der Waals surface area contributed by atoms with Gasteiger partial charge in [-0.05, 0) is 19.1 Å². The first-order chi connectivity index (χ1) is 10.2. The van der Waals surface area contributed by atoms with Gasteiger partial charge in [-0.25, -0.2) is 9.97 Å². The SMILES string of the molecule is CC(Cn1ccnc1)NCc1nc2ccccc2c(=O)[nH]1. The Morgan fingerprint density at radius 3 is 3.05 bits per heavy atom. The first-order valence-corrected chi connectivity index (χ1v) is 6.89. The van der Waals surface area contributed by atoms with Crippen molar-refractivity contribution in [2.45, 2.75) is 26.1 Å². The monoisotopic (exact) mass is 283 g/mol. The fraction of sp³-hybridized carbons (Fsp3) is 0.267. The molecule has 0 radical (unpaired) electrons. The van der Waals surface area contributed by atoms with Crippen LogP contribution in [-0.2, 0) is 13.1 Å². The van der Waals surface area contributed by atoms with Gasteiger partial charge in [0.25, 0.3) is 5.56 Å². The van der Waals surface area contributed by atoms with Crippen LogP contribution in [0.4, 0.5) is 0 Å². The quantitative estimate of drug-likeness (QED) is 0.740. The molecule has 0 saturated carbocycles. The number of fused-ring (bicyclic) bond motifs is 1. The molecule has 3 rings (SSSR count). The van der Waals surface area contributed by atoms with Gasteiger partial charge in [0.05, 0.1) is 23.8 Å². The third kappa shape index (κ3) is 3.17. The average Bonchev–Trinajstić information content (AvgIpc) is 2.98. The van der Waals surface area contributed by atoms with E-state index in [4.69, 9.17) is 0 Å². The molecule has 108 valence electrons. The van der Waals surface area contributed by atoms with E-state index in [1.54, 1.807) is 18.6 Å². The van der Waals surface area contributed by atoms with E-state index in [9.17, 15) is 4.79 Å². The van der Waals surface area contributed by atoms with Crippen molar-refractivity contribution in [2.75, 3.05) is 0 Å². The Kier molecular flexibility index (Phi) is 3.79. The van der Waals surface area contributed by atoms with Crippen molar-refractivity contribution in [1.29, 1.82) is 0 Å². The van der Waals surface area contributed by atoms with E-state index < -0.39 is 0 Å². The Labute approximate surface area is 121 Å². The number of nitrogens with one attached hydrogen (secondary N) is 2. The summed E-state index contributed by atoms with van der Waals surface area (Å²) in [5.74, 6) is 0.649. The minimum Gasteiger partial charge on any atom is -0.336 e. The molecule has 0 aliphatic carbocycles. The number of hydrogen-bond donors (Lipinski definition) is 2. The van der Waals surface area contributed by atoms with E-state index in [1.165, 1.54) is 0 Å². The van der Waals surface area contributed by atoms with E-state index >= 15 is 0 Å². The largest absolute Gasteiger partial charge is 0.336 e. The fourth-order valence-electron chi connectivity index (χ4n) is 2.27. The molecule has 0 aliphatic heterocycles. The summed E-state index contributed by atoms with van der Waals surface area (Å²) in [6.45, 7) is 3.42. The predicted octanol–water partition coefficient (Wildman–Crippen LogP) is 1.30. The average molecular weight is 283 g/mol. The van der Waals surface area contributed by atoms with Crippen LogP contribution in [0.25, 0.3) is 10.9 Å². The van der Waals surface area contributed by atoms with Crippen LogP contribution in [0.1, 0.15) is 12.7 Å². The Morgan fingerprint density at radius 1 is 1.38 bits per heavy atom. The highest BCUT2D eigenvalue weighted by Crippen LogP contribution is 2.05. The van der Waals surface area contributed by atoms with Crippen LogP contribution < -0.4 is 10.9 Å². The summed E-state index contributed by atoms with van der Waals surface area (Å²) in [7, 11) is 0. The molecule has 2 aromatic heterocycles. The molecular formula is C15H17N5O. The molecule has 0 spiro atoms. The summed E-state index contributed by atoms with van der Waals surface area (Å²) in [4.78, 5) is 23.3. The number of aromatic nitrogens is 4. The zero-order valence-electron chi connectivity index (χ0n) is 11.8. The number of para-hydroxylation sites is 1. The van der Waals surface area contributed by atoms with Crippen LogP contribution >= 0.6 is 0 Å². The minimum atomic E-state index is -0.0975. The third-order valence-corrected chi connectivity index (χ3v) is 3.32. The molecule has 0 amide bonds. The highest BCUT2D eigenvalue weighted by Gasteiger charge is 2.06. The lowest BCUT2D eigenvalue weighted by Crippen LogP contribution is -2.31. The molecule has 1 aromatic carbocycles. The molecule has 1 atom stereocenters. The van der Waals surface area contributed by atoms with Gasteiger partial charge in [0, 0.05) is 25.0 Å². The van der Waals surface area contributed by atoms with Crippen molar-refractivity contribution in [3.8, 4) is 0 Å². The molecule has 2 heterocycles. The van der Waals surface area contributed by atoms with Crippen LogP contribution in [0, 0.1) is 0 Å². The minimum absolute atomic E-state index is 0.0975. The number of benzene rings is 1. The predicted molar refractivity (Wildman–Crippen MR) is 80.9 cm³/mol. The van der Waals surface area contributed by atoms with E-state index in [2.05, 4.69) is 27.2 Å². The van der Waals surface area contributed by atoms with E-state index in [0.717, 1.165) is 12.1 Å². The smallest absolute Gasteiger partial charge is 0.258 e. The molecule has 2 N–H and O–H groups in total. The van der Waals surface area contributed by atoms with Crippen molar-refractivity contribution in [1.82, 2.24) is 24.8 Å².